The molecule has 100 valence electrons. The van der Waals surface area contributed by atoms with E-state index in [-0.39, 0.29) is 0 Å². The van der Waals surface area contributed by atoms with Crippen molar-refractivity contribution in [1.29, 1.82) is 0 Å². The van der Waals surface area contributed by atoms with Crippen LogP contribution in [-0.2, 0) is 6.54 Å². The summed E-state index contributed by atoms with van der Waals surface area (Å²) in [6.45, 7) is 5.02. The van der Waals surface area contributed by atoms with Gasteiger partial charge in [-0.25, -0.2) is 9.97 Å². The van der Waals surface area contributed by atoms with Crippen molar-refractivity contribution in [3.8, 4) is 0 Å². The van der Waals surface area contributed by atoms with E-state index in [4.69, 9.17) is 5.73 Å². The molecular weight excluding hydrogens is 238 g/mol. The molecule has 1 fully saturated rings. The predicted molar refractivity (Wildman–Crippen MR) is 76.7 cm³/mol. The second-order valence-corrected chi connectivity index (χ2v) is 4.92. The van der Waals surface area contributed by atoms with Gasteiger partial charge in [0.2, 0.25) is 0 Å². The molecule has 5 heteroatoms. The number of nitrogens with two attached hydrogens (primary N) is 1. The van der Waals surface area contributed by atoms with Crippen molar-refractivity contribution >= 4 is 16.7 Å². The van der Waals surface area contributed by atoms with Crippen molar-refractivity contribution in [3.63, 3.8) is 0 Å². The van der Waals surface area contributed by atoms with Gasteiger partial charge in [0.05, 0.1) is 12.1 Å². The lowest BCUT2D eigenvalue weighted by Crippen LogP contribution is -2.28. The van der Waals surface area contributed by atoms with Crippen LogP contribution in [0.2, 0.25) is 0 Å². The van der Waals surface area contributed by atoms with Crippen LogP contribution in [0.4, 0.5) is 5.82 Å². The van der Waals surface area contributed by atoms with Gasteiger partial charge in [-0.2, -0.15) is 0 Å². The summed E-state index contributed by atoms with van der Waals surface area (Å²) in [5, 5.41) is 4.33. The standard InChI is InChI=1S/C14H19N5/c15-14-11-4-1-2-5-12(11)17-13(18-14)10-19-8-3-6-16-7-9-19/h1-2,4-5,16H,3,6-10H2,(H2,15,17,18). The van der Waals surface area contributed by atoms with Crippen LogP contribution in [0.3, 0.4) is 0 Å². The maximum absolute atomic E-state index is 6.01. The van der Waals surface area contributed by atoms with Crippen LogP contribution >= 0.6 is 0 Å². The molecule has 0 atom stereocenters. The molecule has 0 bridgehead atoms. The summed E-state index contributed by atoms with van der Waals surface area (Å²) >= 11 is 0. The summed E-state index contributed by atoms with van der Waals surface area (Å²) in [6, 6.07) is 7.89. The Balaban J connectivity index is 1.84. The van der Waals surface area contributed by atoms with Crippen LogP contribution in [0.25, 0.3) is 10.9 Å². The highest BCUT2D eigenvalue weighted by molar-refractivity contribution is 5.87. The molecule has 0 saturated carbocycles. The molecule has 5 nitrogen and oxygen atoms in total. The van der Waals surface area contributed by atoms with Crippen molar-refractivity contribution in [1.82, 2.24) is 20.2 Å². The van der Waals surface area contributed by atoms with E-state index in [1.54, 1.807) is 0 Å². The molecule has 0 aliphatic carbocycles. The summed E-state index contributed by atoms with van der Waals surface area (Å²) < 4.78 is 0. The van der Waals surface area contributed by atoms with Crippen LogP contribution < -0.4 is 11.1 Å². The molecule has 19 heavy (non-hydrogen) atoms. The smallest absolute Gasteiger partial charge is 0.145 e. The Morgan fingerprint density at radius 2 is 2.05 bits per heavy atom. The van der Waals surface area contributed by atoms with E-state index < -0.39 is 0 Å². The molecule has 0 radical (unpaired) electrons. The van der Waals surface area contributed by atoms with Gasteiger partial charge in [-0.1, -0.05) is 12.1 Å². The molecule has 0 spiro atoms. The van der Waals surface area contributed by atoms with Crippen LogP contribution in [0.15, 0.2) is 24.3 Å². The number of benzene rings is 1. The number of hydrogen-bond acceptors (Lipinski definition) is 5. The maximum atomic E-state index is 6.01. The van der Waals surface area contributed by atoms with Crippen LogP contribution in [0.5, 0.6) is 0 Å². The summed E-state index contributed by atoms with van der Waals surface area (Å²) in [7, 11) is 0. The Morgan fingerprint density at radius 1 is 1.16 bits per heavy atom. The van der Waals surface area contributed by atoms with E-state index in [9.17, 15) is 0 Å². The number of rotatable bonds is 2. The number of anilines is 1. The van der Waals surface area contributed by atoms with Crippen molar-refractivity contribution in [2.75, 3.05) is 31.9 Å². The molecule has 2 heterocycles. The average molecular weight is 257 g/mol. The van der Waals surface area contributed by atoms with Gasteiger partial charge in [0.15, 0.2) is 0 Å². The quantitative estimate of drug-likeness (QED) is 0.840. The largest absolute Gasteiger partial charge is 0.383 e. The van der Waals surface area contributed by atoms with E-state index in [2.05, 4.69) is 20.2 Å². The Morgan fingerprint density at radius 3 is 3.00 bits per heavy atom. The first-order valence-electron chi connectivity index (χ1n) is 6.77. The van der Waals surface area contributed by atoms with Gasteiger partial charge in [0.1, 0.15) is 11.6 Å². The number of nitrogens with one attached hydrogen (secondary N) is 1. The predicted octanol–water partition coefficient (Wildman–Crippen LogP) is 1.01. The van der Waals surface area contributed by atoms with Gasteiger partial charge < -0.3 is 11.1 Å². The molecule has 1 aromatic heterocycles. The number of nitrogens with zero attached hydrogens (tertiary/aromatic N) is 3. The Bertz CT molecular complexity index is 561. The fraction of sp³-hybridized carbons (Fsp3) is 0.429. The summed E-state index contributed by atoms with van der Waals surface area (Å²) in [5.41, 5.74) is 6.94. The molecule has 1 aliphatic rings. The lowest BCUT2D eigenvalue weighted by Gasteiger charge is -2.18. The topological polar surface area (TPSA) is 67.1 Å². The van der Waals surface area contributed by atoms with E-state index in [0.717, 1.165) is 49.5 Å². The third-order valence-corrected chi connectivity index (χ3v) is 3.48. The number of nitrogen functional groups attached to an aromatic ring is 1. The summed E-state index contributed by atoms with van der Waals surface area (Å²) in [5.74, 6) is 1.40. The van der Waals surface area contributed by atoms with Crippen LogP contribution in [0, 0.1) is 0 Å². The monoisotopic (exact) mass is 257 g/mol. The molecule has 3 N–H and O–H groups in total. The third kappa shape index (κ3) is 2.83. The molecule has 0 amide bonds. The first-order valence-corrected chi connectivity index (χ1v) is 6.77. The van der Waals surface area contributed by atoms with Crippen molar-refractivity contribution in [3.05, 3.63) is 30.1 Å². The SMILES string of the molecule is Nc1nc(CN2CCCNCC2)nc2ccccc12. The molecule has 1 aromatic carbocycles. The van der Waals surface area contributed by atoms with Crippen molar-refractivity contribution in [2.24, 2.45) is 0 Å². The Labute approximate surface area is 112 Å². The second-order valence-electron chi connectivity index (χ2n) is 4.92. The lowest BCUT2D eigenvalue weighted by atomic mass is 10.2. The molecule has 1 aliphatic heterocycles. The lowest BCUT2D eigenvalue weighted by molar-refractivity contribution is 0.278. The average Bonchev–Trinajstić information content (AvgIpc) is 2.67. The van der Waals surface area contributed by atoms with E-state index in [1.807, 2.05) is 24.3 Å². The zero-order valence-electron chi connectivity index (χ0n) is 11.0. The zero-order chi connectivity index (χ0) is 13.1. The Hall–Kier alpha value is -1.72. The fourth-order valence-electron chi connectivity index (χ4n) is 2.48. The van der Waals surface area contributed by atoms with E-state index >= 15 is 0 Å². The normalized spacial score (nSPS) is 17.5. The number of para-hydroxylation sites is 1. The van der Waals surface area contributed by atoms with E-state index in [1.165, 1.54) is 6.42 Å². The Kier molecular flexibility index (Phi) is 3.57. The number of fused-ring (bicyclic) bond motifs is 1. The summed E-state index contributed by atoms with van der Waals surface area (Å²) in [4.78, 5) is 11.4. The minimum Gasteiger partial charge on any atom is -0.383 e. The number of aromatic nitrogens is 2. The van der Waals surface area contributed by atoms with Gasteiger partial charge in [-0.15, -0.1) is 0 Å². The van der Waals surface area contributed by atoms with Crippen molar-refractivity contribution in [2.45, 2.75) is 13.0 Å². The van der Waals surface area contributed by atoms with E-state index in [0.29, 0.717) is 5.82 Å². The first-order chi connectivity index (χ1) is 9.33. The van der Waals surface area contributed by atoms with Gasteiger partial charge >= 0.3 is 0 Å². The van der Waals surface area contributed by atoms with Crippen LogP contribution in [-0.4, -0.2) is 41.0 Å². The molecule has 2 aromatic rings. The van der Waals surface area contributed by atoms with Crippen LogP contribution in [0.1, 0.15) is 12.2 Å². The maximum Gasteiger partial charge on any atom is 0.145 e. The van der Waals surface area contributed by atoms with Gasteiger partial charge in [0, 0.05) is 18.5 Å². The highest BCUT2D eigenvalue weighted by atomic mass is 15.2. The molecule has 1 saturated heterocycles. The molecular formula is C14H19N5. The number of hydrogen-bond donors (Lipinski definition) is 2. The second kappa shape index (κ2) is 5.50. The zero-order valence-corrected chi connectivity index (χ0v) is 11.0. The highest BCUT2D eigenvalue weighted by Crippen LogP contribution is 2.17. The van der Waals surface area contributed by atoms with Gasteiger partial charge in [-0.05, 0) is 31.6 Å². The molecule has 0 unspecified atom stereocenters. The van der Waals surface area contributed by atoms with Crippen molar-refractivity contribution < 1.29 is 0 Å². The first kappa shape index (κ1) is 12.3. The minimum absolute atomic E-state index is 0.577. The fourth-order valence-corrected chi connectivity index (χ4v) is 2.48. The third-order valence-electron chi connectivity index (χ3n) is 3.48. The highest BCUT2D eigenvalue weighted by Gasteiger charge is 2.12. The summed E-state index contributed by atoms with van der Waals surface area (Å²) in [6.07, 6.45) is 1.17. The van der Waals surface area contributed by atoms with Gasteiger partial charge in [0.25, 0.3) is 0 Å². The van der Waals surface area contributed by atoms with Gasteiger partial charge in [-0.3, -0.25) is 4.90 Å². The minimum atomic E-state index is 0.577. The molecule has 3 rings (SSSR count).